The third kappa shape index (κ3) is 2.70. The lowest BCUT2D eigenvalue weighted by Gasteiger charge is -2.15. The van der Waals surface area contributed by atoms with Gasteiger partial charge in [-0.05, 0) is 15.9 Å². The Morgan fingerprint density at radius 1 is 1.81 bits per heavy atom. The number of nitro groups is 1. The van der Waals surface area contributed by atoms with Crippen LogP contribution in [0.4, 0.5) is 0 Å². The second kappa shape index (κ2) is 4.79. The van der Waals surface area contributed by atoms with Crippen LogP contribution in [0.2, 0.25) is 0 Å². The molecule has 0 unspecified atom stereocenters. The summed E-state index contributed by atoms with van der Waals surface area (Å²) in [6, 6.07) is 0. The van der Waals surface area contributed by atoms with Crippen LogP contribution in [0.25, 0.3) is 0 Å². The van der Waals surface area contributed by atoms with Gasteiger partial charge in [0.2, 0.25) is 0 Å². The van der Waals surface area contributed by atoms with E-state index in [0.717, 1.165) is 28.1 Å². The van der Waals surface area contributed by atoms with Crippen molar-refractivity contribution < 1.29 is 4.92 Å². The maximum atomic E-state index is 10.4. The van der Waals surface area contributed by atoms with E-state index < -0.39 is 4.92 Å². The van der Waals surface area contributed by atoms with Crippen molar-refractivity contribution in [2.45, 2.75) is 6.54 Å². The molecule has 0 spiro atoms. The van der Waals surface area contributed by atoms with E-state index in [1.807, 2.05) is 4.90 Å². The van der Waals surface area contributed by atoms with Gasteiger partial charge in [0.1, 0.15) is 0 Å². The highest BCUT2D eigenvalue weighted by atomic mass is 79.9. The zero-order chi connectivity index (χ0) is 11.5. The van der Waals surface area contributed by atoms with Crippen molar-refractivity contribution in [3.8, 4) is 0 Å². The number of nitrogens with one attached hydrogen (secondary N) is 1. The van der Waals surface area contributed by atoms with E-state index in [1.165, 1.54) is 11.3 Å². The van der Waals surface area contributed by atoms with Crippen LogP contribution in [0.15, 0.2) is 22.1 Å². The van der Waals surface area contributed by atoms with Crippen molar-refractivity contribution in [3.05, 3.63) is 37.1 Å². The minimum absolute atomic E-state index is 0.441. The molecule has 16 heavy (non-hydrogen) atoms. The van der Waals surface area contributed by atoms with E-state index in [-0.39, 0.29) is 0 Å². The van der Waals surface area contributed by atoms with Crippen molar-refractivity contribution in [2.24, 2.45) is 0 Å². The summed E-state index contributed by atoms with van der Waals surface area (Å²) in [6.45, 7) is 2.16. The Labute approximate surface area is 104 Å². The Bertz CT molecular complexity index is 433. The fourth-order valence-corrected chi connectivity index (χ4v) is 2.86. The SMILES string of the molecule is O=[N+]([O-])C=C1NCCN1Cc1cnc(Br)s1. The first-order chi connectivity index (χ1) is 7.65. The second-order valence-electron chi connectivity index (χ2n) is 3.23. The quantitative estimate of drug-likeness (QED) is 0.675. The van der Waals surface area contributed by atoms with Gasteiger partial charge in [-0.25, -0.2) is 4.98 Å². The number of nitrogens with zero attached hydrogens (tertiary/aromatic N) is 3. The molecule has 0 saturated carbocycles. The Balaban J connectivity index is 2.06. The van der Waals surface area contributed by atoms with Crippen molar-refractivity contribution in [2.75, 3.05) is 13.1 Å². The highest BCUT2D eigenvalue weighted by Gasteiger charge is 2.20. The molecule has 0 atom stereocenters. The molecule has 2 heterocycles. The zero-order valence-corrected chi connectivity index (χ0v) is 10.6. The van der Waals surface area contributed by atoms with Gasteiger partial charge in [-0.15, -0.1) is 11.3 Å². The summed E-state index contributed by atoms with van der Waals surface area (Å²) in [6.07, 6.45) is 2.78. The topological polar surface area (TPSA) is 71.3 Å². The molecular formula is C8H9BrN4O2S. The molecule has 0 amide bonds. The molecule has 1 aliphatic rings. The first-order valence-electron chi connectivity index (χ1n) is 4.59. The Morgan fingerprint density at radius 2 is 2.62 bits per heavy atom. The fraction of sp³-hybridized carbons (Fsp3) is 0.375. The van der Waals surface area contributed by atoms with E-state index in [9.17, 15) is 10.1 Å². The maximum absolute atomic E-state index is 10.4. The average Bonchev–Trinajstić information content (AvgIpc) is 2.77. The van der Waals surface area contributed by atoms with Gasteiger partial charge in [-0.2, -0.15) is 0 Å². The van der Waals surface area contributed by atoms with Gasteiger partial charge in [-0.1, -0.05) is 0 Å². The van der Waals surface area contributed by atoms with Crippen molar-refractivity contribution in [1.82, 2.24) is 15.2 Å². The van der Waals surface area contributed by atoms with Gasteiger partial charge in [0.15, 0.2) is 9.74 Å². The molecule has 86 valence electrons. The number of rotatable bonds is 3. The Hall–Kier alpha value is -1.15. The molecule has 0 radical (unpaired) electrons. The molecule has 1 aromatic heterocycles. The fourth-order valence-electron chi connectivity index (χ4n) is 1.49. The number of aromatic nitrogens is 1. The van der Waals surface area contributed by atoms with E-state index in [1.54, 1.807) is 6.20 Å². The largest absolute Gasteiger partial charge is 0.365 e. The third-order valence-electron chi connectivity index (χ3n) is 2.13. The number of thiazole rings is 1. The molecule has 8 heteroatoms. The highest BCUT2D eigenvalue weighted by molar-refractivity contribution is 9.11. The Kier molecular flexibility index (Phi) is 3.39. The minimum atomic E-state index is -0.441. The third-order valence-corrected chi connectivity index (χ3v) is 3.59. The van der Waals surface area contributed by atoms with Gasteiger partial charge in [0.25, 0.3) is 6.20 Å². The van der Waals surface area contributed by atoms with Gasteiger partial charge < -0.3 is 10.2 Å². The first kappa shape index (κ1) is 11.3. The first-order valence-corrected chi connectivity index (χ1v) is 6.20. The van der Waals surface area contributed by atoms with Crippen LogP contribution in [0, 0.1) is 10.1 Å². The van der Waals surface area contributed by atoms with Gasteiger partial charge >= 0.3 is 0 Å². The number of halogens is 1. The summed E-state index contributed by atoms with van der Waals surface area (Å²) in [5, 5.41) is 13.4. The Morgan fingerprint density at radius 3 is 3.25 bits per heavy atom. The predicted octanol–water partition coefficient (Wildman–Crippen LogP) is 1.39. The van der Waals surface area contributed by atoms with Crippen LogP contribution in [0.5, 0.6) is 0 Å². The van der Waals surface area contributed by atoms with Crippen LogP contribution in [-0.4, -0.2) is 27.9 Å². The summed E-state index contributed by atoms with van der Waals surface area (Å²) < 4.78 is 0.828. The van der Waals surface area contributed by atoms with Crippen LogP contribution >= 0.6 is 27.3 Å². The smallest absolute Gasteiger partial charge is 0.274 e. The molecule has 1 N–H and O–H groups in total. The molecule has 6 nitrogen and oxygen atoms in total. The van der Waals surface area contributed by atoms with Crippen LogP contribution < -0.4 is 5.32 Å². The van der Waals surface area contributed by atoms with Crippen molar-refractivity contribution in [1.29, 1.82) is 0 Å². The van der Waals surface area contributed by atoms with E-state index in [0.29, 0.717) is 12.4 Å². The average molecular weight is 305 g/mol. The van der Waals surface area contributed by atoms with Crippen molar-refractivity contribution in [3.63, 3.8) is 0 Å². The molecule has 0 aromatic carbocycles. The van der Waals surface area contributed by atoms with Crippen LogP contribution in [-0.2, 0) is 6.54 Å². The molecule has 1 aliphatic heterocycles. The van der Waals surface area contributed by atoms with E-state index in [4.69, 9.17) is 0 Å². The van der Waals surface area contributed by atoms with Crippen LogP contribution in [0.3, 0.4) is 0 Å². The summed E-state index contributed by atoms with van der Waals surface area (Å²) in [5.41, 5.74) is 0. The summed E-state index contributed by atoms with van der Waals surface area (Å²) in [5.74, 6) is 0.564. The molecule has 0 bridgehead atoms. The molecule has 2 rings (SSSR count). The molecule has 1 fully saturated rings. The van der Waals surface area contributed by atoms with E-state index in [2.05, 4.69) is 26.2 Å². The molecule has 0 aliphatic carbocycles. The highest BCUT2D eigenvalue weighted by Crippen LogP contribution is 2.21. The summed E-state index contributed by atoms with van der Waals surface area (Å²) >= 11 is 4.82. The second-order valence-corrected chi connectivity index (χ2v) is 5.62. The minimum Gasteiger partial charge on any atom is -0.365 e. The van der Waals surface area contributed by atoms with E-state index >= 15 is 0 Å². The maximum Gasteiger partial charge on any atom is 0.274 e. The standard InChI is InChI=1S/C8H9BrN4O2S/c9-8-11-3-6(16-8)4-12-2-1-10-7(12)5-13(14)15/h3,5,10H,1-2,4H2. The van der Waals surface area contributed by atoms with Gasteiger partial charge in [0, 0.05) is 24.2 Å². The van der Waals surface area contributed by atoms with Crippen LogP contribution in [0.1, 0.15) is 4.88 Å². The summed E-state index contributed by atoms with van der Waals surface area (Å²) in [7, 11) is 0. The zero-order valence-electron chi connectivity index (χ0n) is 8.22. The number of hydrogen-bond acceptors (Lipinski definition) is 6. The molecule has 1 saturated heterocycles. The summed E-state index contributed by atoms with van der Waals surface area (Å²) in [4.78, 5) is 17.0. The lowest BCUT2D eigenvalue weighted by atomic mass is 10.4. The van der Waals surface area contributed by atoms with Gasteiger partial charge in [-0.3, -0.25) is 10.1 Å². The number of hydrogen-bond donors (Lipinski definition) is 1. The monoisotopic (exact) mass is 304 g/mol. The predicted molar refractivity (Wildman–Crippen MR) is 63.3 cm³/mol. The van der Waals surface area contributed by atoms with Crippen molar-refractivity contribution >= 4 is 27.3 Å². The lowest BCUT2D eigenvalue weighted by molar-refractivity contribution is -0.404. The molecule has 1 aromatic rings. The van der Waals surface area contributed by atoms with Gasteiger partial charge in [0.05, 0.1) is 11.5 Å². The lowest BCUT2D eigenvalue weighted by Crippen LogP contribution is -2.20. The normalized spacial score (nSPS) is 17.8. The molecular weight excluding hydrogens is 296 g/mol.